The number of unbranched alkanes of at least 4 members (excludes halogenated alkanes) is 13. The Balaban J connectivity index is -0.0000000383. The maximum atomic E-state index is 11.6. The zero-order valence-corrected chi connectivity index (χ0v) is 30.3. The van der Waals surface area contributed by atoms with Gasteiger partial charge in [0.25, 0.3) is 0 Å². The molecular formula is C35H70BrMgNO3. The molecule has 0 atom stereocenters. The van der Waals surface area contributed by atoms with Gasteiger partial charge < -0.3 is 18.4 Å². The van der Waals surface area contributed by atoms with E-state index in [9.17, 15) is 9.59 Å². The Labute approximate surface area is 291 Å². The molecule has 0 saturated heterocycles. The van der Waals surface area contributed by atoms with Crippen LogP contribution in [0.1, 0.15) is 160 Å². The van der Waals surface area contributed by atoms with Crippen molar-refractivity contribution in [3.8, 4) is 47.9 Å². The number of ketones is 1. The zero-order valence-electron chi connectivity index (χ0n) is 28.3. The number of hydroxylamine groups is 2. The van der Waals surface area contributed by atoms with Crippen molar-refractivity contribution < 1.29 is 41.4 Å². The molecule has 0 aromatic rings. The molecule has 0 aliphatic carbocycles. The Morgan fingerprint density at radius 1 is 0.683 bits per heavy atom. The van der Waals surface area contributed by atoms with E-state index >= 15 is 0 Å². The number of nitrogens with zero attached hydrogens (tertiary/aromatic N) is 1. The van der Waals surface area contributed by atoms with Crippen molar-refractivity contribution in [1.82, 2.24) is 5.06 Å². The van der Waals surface area contributed by atoms with E-state index < -0.39 is 0 Å². The van der Waals surface area contributed by atoms with Gasteiger partial charge in [-0.25, -0.2) is 5.06 Å². The van der Waals surface area contributed by atoms with Crippen LogP contribution in [-0.4, -0.2) is 54.0 Å². The van der Waals surface area contributed by atoms with Crippen LogP contribution in [0.15, 0.2) is 0 Å². The van der Waals surface area contributed by atoms with Crippen LogP contribution in [0, 0.1) is 47.9 Å². The molecule has 242 valence electrons. The third kappa shape index (κ3) is 48.6. The standard InChI is InChI=1S/C16H32O.C10H21NO2.C9H4.BrH.Mg.6H2.H/c1-3-5-7-9-11-13-15-16(17)14-12-10-8-6-4-2;1-4-5-6-7-8-9-10(12)11(2)13-3;1-3-5-7-9-8-6-4-2;;;;;;;;;/h3-15H2,1-2H3;4-9H2,1-3H3;1H,2H3;1H;;6*1H;/q;;;;+2;;;;;;;-1/p-1. The van der Waals surface area contributed by atoms with Crippen LogP contribution in [0.5, 0.6) is 0 Å². The minimum absolute atomic E-state index is 0. The van der Waals surface area contributed by atoms with Crippen LogP contribution in [0.2, 0.25) is 0 Å². The average molecular weight is 657 g/mol. The number of rotatable bonds is 20. The maximum Gasteiger partial charge on any atom is 2.00 e. The van der Waals surface area contributed by atoms with Gasteiger partial charge in [0, 0.05) is 34.9 Å². The summed E-state index contributed by atoms with van der Waals surface area (Å²) >= 11 is 0. The second-order valence-electron chi connectivity index (χ2n) is 9.48. The van der Waals surface area contributed by atoms with Crippen molar-refractivity contribution in [3.63, 3.8) is 0 Å². The van der Waals surface area contributed by atoms with Crippen molar-refractivity contribution >= 4 is 34.7 Å². The molecule has 0 heterocycles. The molecular weight excluding hydrogens is 587 g/mol. The molecule has 0 aromatic carbocycles. The van der Waals surface area contributed by atoms with Crippen molar-refractivity contribution in [2.75, 3.05) is 14.2 Å². The van der Waals surface area contributed by atoms with Crippen LogP contribution in [-0.2, 0) is 14.4 Å². The summed E-state index contributed by atoms with van der Waals surface area (Å²) < 4.78 is 0. The van der Waals surface area contributed by atoms with Gasteiger partial charge in [-0.3, -0.25) is 14.4 Å². The van der Waals surface area contributed by atoms with E-state index in [1.807, 2.05) is 0 Å². The normalized spacial score (nSPS) is 8.41. The molecule has 0 fully saturated rings. The Bertz CT molecular complexity index is 832. The molecule has 41 heavy (non-hydrogen) atoms. The largest absolute Gasteiger partial charge is 2.00 e. The summed E-state index contributed by atoms with van der Waals surface area (Å²) in [6.45, 7) is 8.36. The third-order valence-corrected chi connectivity index (χ3v) is 5.93. The molecule has 0 aliphatic rings. The Kier molecular flexibility index (Phi) is 54.8. The van der Waals surface area contributed by atoms with E-state index in [0.717, 1.165) is 38.5 Å². The number of hydrogen-bond donors (Lipinski definition) is 0. The fourth-order valence-electron chi connectivity index (χ4n) is 3.48. The summed E-state index contributed by atoms with van der Waals surface area (Å²) in [6.07, 6.45) is 26.9. The van der Waals surface area contributed by atoms with Gasteiger partial charge in [0.1, 0.15) is 5.78 Å². The quantitative estimate of drug-likeness (QED) is 0.0621. The van der Waals surface area contributed by atoms with Crippen LogP contribution in [0.25, 0.3) is 0 Å². The molecule has 0 rings (SSSR count). The Hall–Kier alpha value is -1.41. The van der Waals surface area contributed by atoms with E-state index in [-0.39, 0.29) is 55.9 Å². The number of amides is 1. The van der Waals surface area contributed by atoms with E-state index in [1.54, 1.807) is 14.0 Å². The number of halogens is 1. The molecule has 0 unspecified atom stereocenters. The van der Waals surface area contributed by atoms with Gasteiger partial charge in [-0.05, 0) is 61.7 Å². The van der Waals surface area contributed by atoms with Gasteiger partial charge >= 0.3 is 23.1 Å². The van der Waals surface area contributed by atoms with Gasteiger partial charge in [-0.2, -0.15) is 0 Å². The smallest absolute Gasteiger partial charge is 1.00 e. The summed E-state index contributed by atoms with van der Waals surface area (Å²) in [4.78, 5) is 27.5. The average Bonchev–Trinajstić information content (AvgIpc) is 2.94. The predicted octanol–water partition coefficient (Wildman–Crippen LogP) is 6.89. The van der Waals surface area contributed by atoms with Crippen LogP contribution < -0.4 is 17.0 Å². The van der Waals surface area contributed by atoms with E-state index in [1.165, 1.54) is 89.2 Å². The predicted molar refractivity (Wildman–Crippen MR) is 187 cm³/mol. The van der Waals surface area contributed by atoms with E-state index in [4.69, 9.17) is 11.3 Å². The first-order valence-electron chi connectivity index (χ1n) is 15.1. The molecule has 4 nitrogen and oxygen atoms in total. The molecule has 0 saturated carbocycles. The summed E-state index contributed by atoms with van der Waals surface area (Å²) in [7, 11) is 3.16. The minimum Gasteiger partial charge on any atom is -1.00 e. The number of terminal acetylenes is 1. The molecule has 0 spiro atoms. The molecule has 0 radical (unpaired) electrons. The van der Waals surface area contributed by atoms with Gasteiger partial charge in [-0.1, -0.05) is 110 Å². The van der Waals surface area contributed by atoms with Gasteiger partial charge in [0.2, 0.25) is 5.91 Å². The molecule has 0 bridgehead atoms. The fraction of sp³-hybridized carbons (Fsp3) is 0.714. The summed E-state index contributed by atoms with van der Waals surface area (Å²) in [5.74, 6) is 17.5. The van der Waals surface area contributed by atoms with Crippen LogP contribution in [0.3, 0.4) is 0 Å². The fourth-order valence-corrected chi connectivity index (χ4v) is 3.48. The molecule has 0 aliphatic heterocycles. The SMILES string of the molecule is C#CC#CC#CC#CC.CCCCCCCC(=O)N(C)OC.CCCCCCCCC(=O)CCCCCCC.[Br-].[H-].[HH].[HH].[HH].[HH].[HH].[HH].[Mg+2]. The summed E-state index contributed by atoms with van der Waals surface area (Å²) in [6, 6.07) is 0. The second-order valence-corrected chi connectivity index (χ2v) is 9.48. The van der Waals surface area contributed by atoms with Crippen molar-refractivity contribution in [3.05, 3.63) is 0 Å². The molecule has 6 heteroatoms. The maximum absolute atomic E-state index is 11.6. The van der Waals surface area contributed by atoms with E-state index in [2.05, 4.69) is 62.2 Å². The summed E-state index contributed by atoms with van der Waals surface area (Å²) in [5, 5.41) is 1.29. The number of Topliss-reactive ketones (excluding diaryl/α,β-unsaturated/α-hetero) is 1. The Morgan fingerprint density at radius 2 is 1.05 bits per heavy atom. The molecule has 0 N–H and O–H groups in total. The number of hydrogen-bond acceptors (Lipinski definition) is 3. The monoisotopic (exact) mass is 655 g/mol. The van der Waals surface area contributed by atoms with Crippen LogP contribution >= 0.6 is 0 Å². The van der Waals surface area contributed by atoms with Gasteiger partial charge in [-0.15, -0.1) is 6.42 Å². The Morgan fingerprint density at radius 3 is 1.44 bits per heavy atom. The topological polar surface area (TPSA) is 46.6 Å². The zero-order chi connectivity index (χ0) is 29.8. The van der Waals surface area contributed by atoms with Crippen molar-refractivity contribution in [1.29, 1.82) is 0 Å². The second kappa shape index (κ2) is 45.6. The van der Waals surface area contributed by atoms with Crippen LogP contribution in [0.4, 0.5) is 0 Å². The van der Waals surface area contributed by atoms with E-state index in [0.29, 0.717) is 12.2 Å². The third-order valence-electron chi connectivity index (χ3n) is 5.93. The first-order valence-corrected chi connectivity index (χ1v) is 15.1. The van der Waals surface area contributed by atoms with Crippen molar-refractivity contribution in [2.24, 2.45) is 0 Å². The van der Waals surface area contributed by atoms with Gasteiger partial charge in [0.05, 0.1) is 7.11 Å². The number of carbonyl (C=O) groups is 2. The van der Waals surface area contributed by atoms with Crippen molar-refractivity contribution in [2.45, 2.75) is 150 Å². The molecule has 1 amide bonds. The first-order chi connectivity index (χ1) is 18.9. The first kappa shape index (κ1) is 49.3. The number of carbonyl (C=O) groups excluding carboxylic acids is 2. The summed E-state index contributed by atoms with van der Waals surface area (Å²) in [5.41, 5.74) is 0. The molecule has 0 aromatic heterocycles. The minimum atomic E-state index is 0. The van der Waals surface area contributed by atoms with Gasteiger partial charge in [0.15, 0.2) is 0 Å².